The van der Waals surface area contributed by atoms with E-state index in [0.717, 1.165) is 70.1 Å². The monoisotopic (exact) mass is 476 g/mol. The van der Waals surface area contributed by atoms with Crippen LogP contribution >= 0.6 is 0 Å². The lowest BCUT2D eigenvalue weighted by molar-refractivity contribution is -0.132. The minimum atomic E-state index is 0.155. The molecule has 3 aliphatic rings. The number of ether oxygens (including phenoxy) is 1. The summed E-state index contributed by atoms with van der Waals surface area (Å²) in [4.78, 5) is 33.3. The van der Waals surface area contributed by atoms with Crippen molar-refractivity contribution < 1.29 is 14.3 Å². The van der Waals surface area contributed by atoms with E-state index in [0.29, 0.717) is 26.1 Å². The molecule has 0 bridgehead atoms. The smallest absolute Gasteiger partial charge is 0.223 e. The number of rotatable bonds is 6. The van der Waals surface area contributed by atoms with E-state index in [-0.39, 0.29) is 11.8 Å². The normalized spacial score (nSPS) is 18.5. The van der Waals surface area contributed by atoms with Crippen LogP contribution in [0, 0.1) is 0 Å². The van der Waals surface area contributed by atoms with Gasteiger partial charge in [-0.2, -0.15) is 0 Å². The maximum atomic E-state index is 13.1. The van der Waals surface area contributed by atoms with Crippen molar-refractivity contribution in [3.63, 3.8) is 0 Å². The molecule has 186 valence electrons. The van der Waals surface area contributed by atoms with Crippen molar-refractivity contribution in [3.05, 3.63) is 64.7 Å². The first-order valence-electron chi connectivity index (χ1n) is 12.8. The van der Waals surface area contributed by atoms with E-state index in [4.69, 9.17) is 4.74 Å². The first-order valence-corrected chi connectivity index (χ1v) is 12.8. The van der Waals surface area contributed by atoms with E-state index in [2.05, 4.69) is 52.3 Å². The van der Waals surface area contributed by atoms with Crippen LogP contribution in [0.1, 0.15) is 42.0 Å². The van der Waals surface area contributed by atoms with Crippen molar-refractivity contribution in [2.24, 2.45) is 0 Å². The fourth-order valence-electron chi connectivity index (χ4n) is 5.41. The number of carbonyl (C=O) groups excluding carboxylic acids is 2. The highest BCUT2D eigenvalue weighted by atomic mass is 16.5. The Bertz CT molecular complexity index is 1040. The van der Waals surface area contributed by atoms with E-state index in [1.165, 1.54) is 16.7 Å². The second-order valence-electron chi connectivity index (χ2n) is 9.97. The molecular weight excluding hydrogens is 440 g/mol. The molecule has 3 heterocycles. The lowest BCUT2D eigenvalue weighted by atomic mass is 10.1. The van der Waals surface area contributed by atoms with Gasteiger partial charge in [-0.15, -0.1) is 0 Å². The Balaban J connectivity index is 1.12. The Morgan fingerprint density at radius 2 is 1.57 bits per heavy atom. The van der Waals surface area contributed by atoms with E-state index in [9.17, 15) is 9.59 Å². The van der Waals surface area contributed by atoms with Gasteiger partial charge in [0.1, 0.15) is 12.4 Å². The molecule has 1 fully saturated rings. The van der Waals surface area contributed by atoms with Gasteiger partial charge < -0.3 is 14.5 Å². The minimum Gasteiger partial charge on any atom is -0.491 e. The Kier molecular flexibility index (Phi) is 7.35. The van der Waals surface area contributed by atoms with Crippen LogP contribution in [0.25, 0.3) is 0 Å². The van der Waals surface area contributed by atoms with Crippen molar-refractivity contribution in [2.75, 3.05) is 45.9 Å². The largest absolute Gasteiger partial charge is 0.491 e. The van der Waals surface area contributed by atoms with Gasteiger partial charge in [-0.3, -0.25) is 19.4 Å². The number of benzene rings is 2. The molecule has 5 rings (SSSR count). The van der Waals surface area contributed by atoms with E-state index in [1.807, 2.05) is 9.80 Å². The van der Waals surface area contributed by atoms with Crippen LogP contribution in [-0.2, 0) is 35.8 Å². The molecule has 0 atom stereocenters. The van der Waals surface area contributed by atoms with Crippen LogP contribution in [0.15, 0.2) is 42.5 Å². The maximum Gasteiger partial charge on any atom is 0.223 e. The van der Waals surface area contributed by atoms with Gasteiger partial charge in [0.05, 0.1) is 6.54 Å². The average molecular weight is 477 g/mol. The summed E-state index contributed by atoms with van der Waals surface area (Å²) in [6, 6.07) is 15.0. The molecule has 7 heteroatoms. The third kappa shape index (κ3) is 5.85. The lowest BCUT2D eigenvalue weighted by Crippen LogP contribution is -2.47. The number of fused-ring (bicyclic) bond motifs is 2. The standard InChI is InChI=1S/C28H36N4O3/c1-22(33)31-13-11-29(12-14-31)18-23-8-9-27-26(17-23)21-32(15-16-35-27)28(34)7-4-10-30-19-24-5-2-3-6-25(24)20-30/h2-3,5-6,8-9,17H,4,7,10-16,18-21H2,1H3. The Morgan fingerprint density at radius 1 is 0.829 bits per heavy atom. The maximum absolute atomic E-state index is 13.1. The zero-order valence-electron chi connectivity index (χ0n) is 20.7. The first-order chi connectivity index (χ1) is 17.0. The summed E-state index contributed by atoms with van der Waals surface area (Å²) >= 11 is 0. The molecule has 0 aromatic heterocycles. The lowest BCUT2D eigenvalue weighted by Gasteiger charge is -2.34. The zero-order chi connectivity index (χ0) is 24.2. The number of piperazine rings is 1. The topological polar surface area (TPSA) is 56.3 Å². The van der Waals surface area contributed by atoms with Crippen molar-refractivity contribution in [2.45, 2.75) is 45.9 Å². The Hall–Kier alpha value is -2.90. The quantitative estimate of drug-likeness (QED) is 0.642. The minimum absolute atomic E-state index is 0.155. The summed E-state index contributed by atoms with van der Waals surface area (Å²) in [7, 11) is 0. The van der Waals surface area contributed by atoms with E-state index >= 15 is 0 Å². The molecule has 7 nitrogen and oxygen atoms in total. The van der Waals surface area contributed by atoms with Crippen LogP contribution in [0.5, 0.6) is 5.75 Å². The van der Waals surface area contributed by atoms with Crippen molar-refractivity contribution in [1.29, 1.82) is 0 Å². The van der Waals surface area contributed by atoms with Gasteiger partial charge in [-0.05, 0) is 41.8 Å². The summed E-state index contributed by atoms with van der Waals surface area (Å²) in [5.41, 5.74) is 5.14. The SMILES string of the molecule is CC(=O)N1CCN(Cc2ccc3c(c2)CN(C(=O)CCCN2Cc4ccccc4C2)CCO3)CC1. The third-order valence-electron chi connectivity index (χ3n) is 7.45. The highest BCUT2D eigenvalue weighted by molar-refractivity contribution is 5.76. The molecule has 3 aliphatic heterocycles. The van der Waals surface area contributed by atoms with Crippen LogP contribution in [0.2, 0.25) is 0 Å². The summed E-state index contributed by atoms with van der Waals surface area (Å²) in [5, 5.41) is 0. The van der Waals surface area contributed by atoms with Gasteiger partial charge in [0.15, 0.2) is 0 Å². The van der Waals surface area contributed by atoms with Crippen molar-refractivity contribution in [1.82, 2.24) is 19.6 Å². The van der Waals surface area contributed by atoms with Crippen LogP contribution in [-0.4, -0.2) is 77.3 Å². The molecule has 2 aromatic carbocycles. The number of nitrogens with zero attached hydrogens (tertiary/aromatic N) is 4. The van der Waals surface area contributed by atoms with Crippen molar-refractivity contribution >= 4 is 11.8 Å². The van der Waals surface area contributed by atoms with Gasteiger partial charge in [0.25, 0.3) is 0 Å². The highest BCUT2D eigenvalue weighted by Crippen LogP contribution is 2.26. The molecule has 0 saturated carbocycles. The summed E-state index contributed by atoms with van der Waals surface area (Å²) in [6.45, 7) is 10.5. The van der Waals surface area contributed by atoms with Crippen LogP contribution < -0.4 is 4.74 Å². The second kappa shape index (κ2) is 10.8. The predicted octanol–water partition coefficient (Wildman–Crippen LogP) is 2.87. The van der Waals surface area contributed by atoms with Gasteiger partial charge in [0, 0.05) is 71.3 Å². The summed E-state index contributed by atoms with van der Waals surface area (Å²) in [5.74, 6) is 1.26. The molecule has 0 unspecified atom stereocenters. The highest BCUT2D eigenvalue weighted by Gasteiger charge is 2.23. The predicted molar refractivity (Wildman–Crippen MR) is 135 cm³/mol. The fourth-order valence-corrected chi connectivity index (χ4v) is 5.41. The fraction of sp³-hybridized carbons (Fsp3) is 0.500. The Labute approximate surface area is 208 Å². The molecular formula is C28H36N4O3. The number of carbonyl (C=O) groups is 2. The number of amides is 2. The molecule has 0 aliphatic carbocycles. The molecule has 0 radical (unpaired) electrons. The number of hydrogen-bond acceptors (Lipinski definition) is 5. The molecule has 0 N–H and O–H groups in total. The van der Waals surface area contributed by atoms with Gasteiger partial charge >= 0.3 is 0 Å². The van der Waals surface area contributed by atoms with E-state index < -0.39 is 0 Å². The van der Waals surface area contributed by atoms with E-state index in [1.54, 1.807) is 6.92 Å². The van der Waals surface area contributed by atoms with Gasteiger partial charge in [0.2, 0.25) is 11.8 Å². The average Bonchev–Trinajstić information content (AvgIpc) is 3.15. The first kappa shape index (κ1) is 23.8. The van der Waals surface area contributed by atoms with Crippen LogP contribution in [0.3, 0.4) is 0 Å². The number of hydrogen-bond donors (Lipinski definition) is 0. The van der Waals surface area contributed by atoms with Gasteiger partial charge in [-0.1, -0.05) is 30.3 Å². The zero-order valence-corrected chi connectivity index (χ0v) is 20.7. The van der Waals surface area contributed by atoms with Crippen LogP contribution in [0.4, 0.5) is 0 Å². The summed E-state index contributed by atoms with van der Waals surface area (Å²) in [6.07, 6.45) is 1.45. The third-order valence-corrected chi connectivity index (χ3v) is 7.45. The van der Waals surface area contributed by atoms with Gasteiger partial charge in [-0.25, -0.2) is 0 Å². The Morgan fingerprint density at radius 3 is 2.29 bits per heavy atom. The molecule has 35 heavy (non-hydrogen) atoms. The molecule has 0 spiro atoms. The molecule has 2 amide bonds. The second-order valence-corrected chi connectivity index (χ2v) is 9.97. The molecule has 1 saturated heterocycles. The molecule has 2 aromatic rings. The summed E-state index contributed by atoms with van der Waals surface area (Å²) < 4.78 is 5.98. The van der Waals surface area contributed by atoms with Crippen molar-refractivity contribution in [3.8, 4) is 5.75 Å².